The Labute approximate surface area is 139 Å². The van der Waals surface area contributed by atoms with Gasteiger partial charge < -0.3 is 4.18 Å². The quantitative estimate of drug-likeness (QED) is 0.542. The molecule has 2 aromatic rings. The molecule has 0 atom stereocenters. The number of hydrogen-bond acceptors (Lipinski definition) is 4. The summed E-state index contributed by atoms with van der Waals surface area (Å²) >= 11 is 6.57. The van der Waals surface area contributed by atoms with Crippen molar-refractivity contribution >= 4 is 47.9 Å². The first-order chi connectivity index (χ1) is 9.95. The molecule has 7 heteroatoms. The van der Waals surface area contributed by atoms with Crippen LogP contribution < -0.4 is 0 Å². The van der Waals surface area contributed by atoms with Crippen LogP contribution in [0.25, 0.3) is 0 Å². The lowest BCUT2D eigenvalue weighted by Crippen LogP contribution is -2.14. The van der Waals surface area contributed by atoms with Crippen molar-refractivity contribution in [2.75, 3.05) is 0 Å². The normalized spacial score (nSPS) is 11.1. The molecule has 0 aliphatic rings. The van der Waals surface area contributed by atoms with Gasteiger partial charge in [0.15, 0.2) is 0 Å². The predicted octanol–water partition coefficient (Wildman–Crippen LogP) is 3.89. The van der Waals surface area contributed by atoms with E-state index in [0.29, 0.717) is 9.80 Å². The van der Waals surface area contributed by atoms with Gasteiger partial charge in [0, 0.05) is 9.80 Å². The molecular formula is C14H10Br2O4S. The average molecular weight is 434 g/mol. The molecule has 0 amide bonds. The average Bonchev–Trinajstić information content (AvgIpc) is 2.48. The van der Waals surface area contributed by atoms with E-state index in [1.807, 2.05) is 0 Å². The van der Waals surface area contributed by atoms with Crippen LogP contribution in [0.15, 0.2) is 57.9 Å². The standard InChI is InChI=1S/C14H10Br2O4S/c15-9-10-5-4-8-12(13(10)16)14(17)20-21(18,19)11-6-2-1-3-7-11/h1-8H,9H2. The summed E-state index contributed by atoms with van der Waals surface area (Å²) in [5, 5.41) is 0.528. The number of hydrogen-bond donors (Lipinski definition) is 0. The molecule has 21 heavy (non-hydrogen) atoms. The number of benzene rings is 2. The lowest BCUT2D eigenvalue weighted by molar-refractivity contribution is 0.0745. The summed E-state index contributed by atoms with van der Waals surface area (Å²) in [6.45, 7) is 0. The van der Waals surface area contributed by atoms with E-state index in [9.17, 15) is 13.2 Å². The Bertz CT molecular complexity index is 758. The lowest BCUT2D eigenvalue weighted by Gasteiger charge is -2.08. The maximum atomic E-state index is 12.1. The van der Waals surface area contributed by atoms with Gasteiger partial charge in [-0.15, -0.1) is 0 Å². The van der Waals surface area contributed by atoms with Gasteiger partial charge >= 0.3 is 16.1 Å². The van der Waals surface area contributed by atoms with E-state index in [-0.39, 0.29) is 10.5 Å². The van der Waals surface area contributed by atoms with Crippen LogP contribution in [-0.4, -0.2) is 14.4 Å². The zero-order chi connectivity index (χ0) is 15.5. The van der Waals surface area contributed by atoms with E-state index in [2.05, 4.69) is 36.0 Å². The third kappa shape index (κ3) is 3.72. The molecule has 0 bridgehead atoms. The van der Waals surface area contributed by atoms with E-state index in [0.717, 1.165) is 5.56 Å². The van der Waals surface area contributed by atoms with Gasteiger partial charge in [-0.2, -0.15) is 8.42 Å². The molecule has 0 spiro atoms. The van der Waals surface area contributed by atoms with Crippen LogP contribution in [0.3, 0.4) is 0 Å². The summed E-state index contributed by atoms with van der Waals surface area (Å²) in [5.74, 6) is -0.923. The van der Waals surface area contributed by atoms with Crippen LogP contribution >= 0.6 is 31.9 Å². The van der Waals surface area contributed by atoms with Crippen LogP contribution in [-0.2, 0) is 19.6 Å². The highest BCUT2D eigenvalue weighted by molar-refractivity contribution is 9.10. The summed E-state index contributed by atoms with van der Waals surface area (Å²) in [5.41, 5.74) is 0.980. The minimum atomic E-state index is -4.13. The van der Waals surface area contributed by atoms with Crippen LogP contribution in [0.2, 0.25) is 0 Å². The maximum absolute atomic E-state index is 12.1. The SMILES string of the molecule is O=C(OS(=O)(=O)c1ccccc1)c1cccc(CBr)c1Br. The van der Waals surface area contributed by atoms with Gasteiger partial charge in [0.05, 0.1) is 5.56 Å². The first-order valence-corrected chi connectivity index (χ1v) is 9.15. The van der Waals surface area contributed by atoms with Crippen molar-refractivity contribution in [1.82, 2.24) is 0 Å². The molecule has 0 saturated carbocycles. The molecule has 0 unspecified atom stereocenters. The summed E-state index contributed by atoms with van der Waals surface area (Å²) < 4.78 is 29.2. The summed E-state index contributed by atoms with van der Waals surface area (Å²) in [6, 6.07) is 12.5. The van der Waals surface area contributed by atoms with Gasteiger partial charge in [0.2, 0.25) is 0 Å². The molecule has 0 aliphatic heterocycles. The third-order valence-corrected chi connectivity index (χ3v) is 5.42. The summed E-state index contributed by atoms with van der Waals surface area (Å²) in [6.07, 6.45) is 0. The highest BCUT2D eigenvalue weighted by atomic mass is 79.9. The predicted molar refractivity (Wildman–Crippen MR) is 85.8 cm³/mol. The van der Waals surface area contributed by atoms with Crippen molar-refractivity contribution < 1.29 is 17.4 Å². The molecule has 0 aliphatic carbocycles. The van der Waals surface area contributed by atoms with Crippen molar-refractivity contribution in [2.45, 2.75) is 10.2 Å². The van der Waals surface area contributed by atoms with Crippen LogP contribution in [0.1, 0.15) is 15.9 Å². The Morgan fingerprint density at radius 1 is 1.05 bits per heavy atom. The Hall–Kier alpha value is -1.18. The second-order valence-electron chi connectivity index (χ2n) is 4.05. The molecule has 2 aromatic carbocycles. The van der Waals surface area contributed by atoms with E-state index in [1.54, 1.807) is 30.3 Å². The van der Waals surface area contributed by atoms with Gasteiger partial charge in [-0.1, -0.05) is 46.3 Å². The Morgan fingerprint density at radius 3 is 2.33 bits per heavy atom. The topological polar surface area (TPSA) is 60.4 Å². The van der Waals surface area contributed by atoms with Gasteiger partial charge in [0.1, 0.15) is 4.90 Å². The monoisotopic (exact) mass is 432 g/mol. The van der Waals surface area contributed by atoms with Gasteiger partial charge in [-0.25, -0.2) is 4.79 Å². The molecule has 0 heterocycles. The first kappa shape index (κ1) is 16.2. The van der Waals surface area contributed by atoms with Crippen molar-refractivity contribution in [3.63, 3.8) is 0 Å². The summed E-state index contributed by atoms with van der Waals surface area (Å²) in [4.78, 5) is 12.0. The number of carbonyl (C=O) groups excluding carboxylic acids is 1. The fraction of sp³-hybridized carbons (Fsp3) is 0.0714. The highest BCUT2D eigenvalue weighted by Gasteiger charge is 2.23. The smallest absolute Gasteiger partial charge is 0.338 e. The zero-order valence-electron chi connectivity index (χ0n) is 10.6. The second kappa shape index (κ2) is 6.72. The number of alkyl halides is 1. The summed E-state index contributed by atoms with van der Waals surface area (Å²) in [7, 11) is -4.13. The molecule has 2 rings (SSSR count). The fourth-order valence-corrected chi connectivity index (χ4v) is 3.91. The number of halogens is 2. The minimum absolute atomic E-state index is 0.0638. The molecule has 0 radical (unpaired) electrons. The van der Waals surface area contributed by atoms with Crippen LogP contribution in [0, 0.1) is 0 Å². The molecule has 0 aromatic heterocycles. The minimum Gasteiger partial charge on any atom is -0.338 e. The third-order valence-electron chi connectivity index (χ3n) is 2.66. The van der Waals surface area contributed by atoms with E-state index >= 15 is 0 Å². The molecule has 0 fully saturated rings. The molecular weight excluding hydrogens is 424 g/mol. The molecule has 4 nitrogen and oxygen atoms in total. The molecule has 110 valence electrons. The van der Waals surface area contributed by atoms with E-state index < -0.39 is 16.1 Å². The van der Waals surface area contributed by atoms with Crippen molar-refractivity contribution in [2.24, 2.45) is 0 Å². The van der Waals surface area contributed by atoms with E-state index in [4.69, 9.17) is 0 Å². The van der Waals surface area contributed by atoms with Crippen molar-refractivity contribution in [3.05, 3.63) is 64.1 Å². The number of rotatable bonds is 4. The zero-order valence-corrected chi connectivity index (χ0v) is 14.6. The Morgan fingerprint density at radius 2 is 1.71 bits per heavy atom. The lowest BCUT2D eigenvalue weighted by atomic mass is 10.1. The Balaban J connectivity index is 2.31. The van der Waals surface area contributed by atoms with E-state index in [1.165, 1.54) is 18.2 Å². The Kier molecular flexibility index (Phi) is 5.18. The van der Waals surface area contributed by atoms with Crippen molar-refractivity contribution in [1.29, 1.82) is 0 Å². The largest absolute Gasteiger partial charge is 0.355 e. The molecule has 0 N–H and O–H groups in total. The molecule has 0 saturated heterocycles. The van der Waals surface area contributed by atoms with Gasteiger partial charge in [0.25, 0.3) is 0 Å². The number of carbonyl (C=O) groups is 1. The highest BCUT2D eigenvalue weighted by Crippen LogP contribution is 2.25. The second-order valence-corrected chi connectivity index (χ2v) is 6.95. The van der Waals surface area contributed by atoms with Crippen LogP contribution in [0.5, 0.6) is 0 Å². The fourth-order valence-electron chi connectivity index (χ4n) is 1.62. The maximum Gasteiger partial charge on any atom is 0.355 e. The van der Waals surface area contributed by atoms with Gasteiger partial charge in [-0.05, 0) is 39.7 Å². The first-order valence-electron chi connectivity index (χ1n) is 5.83. The van der Waals surface area contributed by atoms with Crippen molar-refractivity contribution in [3.8, 4) is 0 Å². The van der Waals surface area contributed by atoms with Gasteiger partial charge in [-0.3, -0.25) is 0 Å². The van der Waals surface area contributed by atoms with Crippen LogP contribution in [0.4, 0.5) is 0 Å².